The zero-order valence-corrected chi connectivity index (χ0v) is 9.98. The first-order valence-electron chi connectivity index (χ1n) is 5.02. The van der Waals surface area contributed by atoms with Gasteiger partial charge in [-0.25, -0.2) is 13.6 Å². The predicted octanol–water partition coefficient (Wildman–Crippen LogP) is -1.27. The molecule has 2 aromatic rings. The standard InChI is InChI=1S/C9H10N4O4S/c14-4-2-1-3-12-6-5(10-8(16)11-6)7(15)13(18)9(12)17/h1,3,14,18H,2,4H2,(H2,10,11,16). The Balaban J connectivity index is 2.83. The second-order valence-electron chi connectivity index (χ2n) is 3.47. The summed E-state index contributed by atoms with van der Waals surface area (Å²) in [4.78, 5) is 39.3. The van der Waals surface area contributed by atoms with Crippen LogP contribution in [0.4, 0.5) is 0 Å². The lowest BCUT2D eigenvalue weighted by atomic mass is 10.4. The molecule has 0 radical (unpaired) electrons. The maximum atomic E-state index is 11.8. The number of nitrogens with one attached hydrogen (secondary N) is 2. The highest BCUT2D eigenvalue weighted by atomic mass is 32.1. The Morgan fingerprint density at radius 1 is 1.28 bits per heavy atom. The van der Waals surface area contributed by atoms with Gasteiger partial charge in [0.15, 0.2) is 11.2 Å². The van der Waals surface area contributed by atoms with Crippen molar-refractivity contribution < 1.29 is 5.11 Å². The van der Waals surface area contributed by atoms with E-state index >= 15 is 0 Å². The fourth-order valence-corrected chi connectivity index (χ4v) is 1.69. The molecule has 0 spiro atoms. The lowest BCUT2D eigenvalue weighted by molar-refractivity contribution is 0.303. The second-order valence-corrected chi connectivity index (χ2v) is 3.87. The summed E-state index contributed by atoms with van der Waals surface area (Å²) in [5.74, 6) is 0. The number of imidazole rings is 1. The maximum absolute atomic E-state index is 11.8. The maximum Gasteiger partial charge on any atom is 0.346 e. The van der Waals surface area contributed by atoms with Crippen LogP contribution in [-0.4, -0.2) is 30.2 Å². The first-order chi connectivity index (χ1) is 8.56. The summed E-state index contributed by atoms with van der Waals surface area (Å²) in [6.45, 7) is -0.0709. The van der Waals surface area contributed by atoms with Crippen molar-refractivity contribution in [3.8, 4) is 0 Å². The molecule has 0 fully saturated rings. The lowest BCUT2D eigenvalue weighted by Gasteiger charge is -2.02. The Morgan fingerprint density at radius 3 is 2.67 bits per heavy atom. The smallest absolute Gasteiger partial charge is 0.346 e. The van der Waals surface area contributed by atoms with E-state index in [4.69, 9.17) is 5.11 Å². The Kier molecular flexibility index (Phi) is 3.26. The molecule has 0 bridgehead atoms. The summed E-state index contributed by atoms with van der Waals surface area (Å²) < 4.78 is 1.66. The molecule has 0 aliphatic heterocycles. The van der Waals surface area contributed by atoms with Crippen molar-refractivity contribution in [2.75, 3.05) is 6.61 Å². The van der Waals surface area contributed by atoms with Crippen LogP contribution >= 0.6 is 12.8 Å². The zero-order chi connectivity index (χ0) is 13.3. The molecule has 0 aliphatic rings. The van der Waals surface area contributed by atoms with E-state index in [0.717, 1.165) is 4.57 Å². The van der Waals surface area contributed by atoms with Crippen LogP contribution in [0.1, 0.15) is 6.42 Å². The molecule has 18 heavy (non-hydrogen) atoms. The van der Waals surface area contributed by atoms with E-state index in [9.17, 15) is 14.4 Å². The predicted molar refractivity (Wildman–Crippen MR) is 68.9 cm³/mol. The van der Waals surface area contributed by atoms with Crippen molar-refractivity contribution in [2.24, 2.45) is 0 Å². The number of nitrogens with zero attached hydrogens (tertiary/aromatic N) is 2. The van der Waals surface area contributed by atoms with Gasteiger partial charge in [0.25, 0.3) is 5.56 Å². The largest absolute Gasteiger partial charge is 0.396 e. The molecule has 0 unspecified atom stereocenters. The van der Waals surface area contributed by atoms with Crippen molar-refractivity contribution in [3.63, 3.8) is 0 Å². The second kappa shape index (κ2) is 4.70. The van der Waals surface area contributed by atoms with Gasteiger partial charge in [-0.2, -0.15) is 0 Å². The molecule has 0 aliphatic carbocycles. The summed E-state index contributed by atoms with van der Waals surface area (Å²) in [6.07, 6.45) is 3.23. The van der Waals surface area contributed by atoms with E-state index in [1.54, 1.807) is 0 Å². The van der Waals surface area contributed by atoms with Crippen LogP contribution < -0.4 is 16.9 Å². The first-order valence-corrected chi connectivity index (χ1v) is 5.42. The lowest BCUT2D eigenvalue weighted by Crippen LogP contribution is -2.33. The van der Waals surface area contributed by atoms with Gasteiger partial charge in [-0.15, -0.1) is 0 Å². The van der Waals surface area contributed by atoms with Crippen molar-refractivity contribution >= 4 is 30.2 Å². The van der Waals surface area contributed by atoms with Gasteiger partial charge in [0, 0.05) is 12.8 Å². The van der Waals surface area contributed by atoms with Crippen molar-refractivity contribution in [3.05, 3.63) is 37.4 Å². The molecule has 2 heterocycles. The Hall–Kier alpha value is -2.00. The molecule has 0 aromatic carbocycles. The number of fused-ring (bicyclic) bond motifs is 1. The number of H-pyrrole nitrogens is 2. The number of hydrogen-bond donors (Lipinski definition) is 4. The first kappa shape index (κ1) is 12.5. The van der Waals surface area contributed by atoms with Crippen molar-refractivity contribution in [1.82, 2.24) is 18.5 Å². The van der Waals surface area contributed by atoms with Crippen LogP contribution in [0.3, 0.4) is 0 Å². The minimum absolute atomic E-state index is 0.0387. The third-order valence-electron chi connectivity index (χ3n) is 2.29. The number of thiol groups is 1. The number of rotatable bonds is 3. The van der Waals surface area contributed by atoms with Crippen LogP contribution in [0, 0.1) is 0 Å². The number of hydrogen-bond acceptors (Lipinski definition) is 5. The number of aliphatic hydroxyl groups excluding tert-OH is 1. The summed E-state index contributed by atoms with van der Waals surface area (Å²) in [6, 6.07) is 0. The van der Waals surface area contributed by atoms with Gasteiger partial charge in [0.2, 0.25) is 0 Å². The monoisotopic (exact) mass is 270 g/mol. The van der Waals surface area contributed by atoms with Gasteiger partial charge < -0.3 is 5.11 Å². The molecule has 0 saturated carbocycles. The number of aromatic nitrogens is 4. The average Bonchev–Trinajstić information content (AvgIpc) is 2.73. The normalized spacial score (nSPS) is 11.7. The van der Waals surface area contributed by atoms with Crippen LogP contribution in [0.2, 0.25) is 0 Å². The van der Waals surface area contributed by atoms with Crippen molar-refractivity contribution in [1.29, 1.82) is 0 Å². The third-order valence-corrected chi connectivity index (χ3v) is 2.64. The van der Waals surface area contributed by atoms with E-state index in [1.807, 2.05) is 0 Å². The fraction of sp³-hybridized carbons (Fsp3) is 0.222. The molecule has 9 heteroatoms. The SMILES string of the molecule is O=c1[nH]c2c(=O)n(S)c(=O)n(C=CCCO)c2[nH]1. The molecule has 3 N–H and O–H groups in total. The van der Waals surface area contributed by atoms with E-state index in [1.165, 1.54) is 12.3 Å². The molecule has 0 amide bonds. The highest BCUT2D eigenvalue weighted by Gasteiger charge is 2.12. The van der Waals surface area contributed by atoms with E-state index in [2.05, 4.69) is 22.8 Å². The molecule has 0 saturated heterocycles. The van der Waals surface area contributed by atoms with Gasteiger partial charge in [0.1, 0.15) is 0 Å². The zero-order valence-electron chi connectivity index (χ0n) is 9.08. The third kappa shape index (κ3) is 1.93. The molecular weight excluding hydrogens is 260 g/mol. The Labute approximate surface area is 105 Å². The molecular formula is C9H10N4O4S. The minimum Gasteiger partial charge on any atom is -0.396 e. The molecule has 8 nitrogen and oxygen atoms in total. The van der Waals surface area contributed by atoms with E-state index in [0.29, 0.717) is 10.4 Å². The molecule has 0 atom stereocenters. The van der Waals surface area contributed by atoms with Crippen LogP contribution in [0.25, 0.3) is 17.4 Å². The highest BCUT2D eigenvalue weighted by molar-refractivity contribution is 7.78. The van der Waals surface area contributed by atoms with Crippen molar-refractivity contribution in [2.45, 2.75) is 6.42 Å². The van der Waals surface area contributed by atoms with Crippen LogP contribution in [0.5, 0.6) is 0 Å². The summed E-state index contributed by atoms with van der Waals surface area (Å²) in [5.41, 5.74) is -1.98. The summed E-state index contributed by atoms with van der Waals surface area (Å²) >= 11 is 3.76. The fourth-order valence-electron chi connectivity index (χ4n) is 1.49. The van der Waals surface area contributed by atoms with E-state index < -0.39 is 16.9 Å². The Morgan fingerprint density at radius 2 is 2.00 bits per heavy atom. The molecule has 2 rings (SSSR count). The number of aromatic amines is 2. The summed E-state index contributed by atoms with van der Waals surface area (Å²) in [5, 5.41) is 8.66. The van der Waals surface area contributed by atoms with Gasteiger partial charge in [0.05, 0.1) is 0 Å². The quantitative estimate of drug-likeness (QED) is 0.520. The average molecular weight is 270 g/mol. The number of aliphatic hydroxyl groups is 1. The van der Waals surface area contributed by atoms with Gasteiger partial charge >= 0.3 is 11.4 Å². The van der Waals surface area contributed by atoms with E-state index in [-0.39, 0.29) is 17.8 Å². The van der Waals surface area contributed by atoms with Gasteiger partial charge in [-0.1, -0.05) is 18.9 Å². The van der Waals surface area contributed by atoms with Crippen LogP contribution in [-0.2, 0) is 0 Å². The topological polar surface area (TPSA) is 113 Å². The van der Waals surface area contributed by atoms with Crippen LogP contribution in [0.15, 0.2) is 20.5 Å². The highest BCUT2D eigenvalue weighted by Crippen LogP contribution is 2.00. The summed E-state index contributed by atoms with van der Waals surface area (Å²) in [7, 11) is 0. The van der Waals surface area contributed by atoms with Gasteiger partial charge in [-0.05, 0) is 6.42 Å². The minimum atomic E-state index is -0.708. The molecule has 96 valence electrons. The van der Waals surface area contributed by atoms with Gasteiger partial charge in [-0.3, -0.25) is 19.3 Å². The Bertz CT molecular complexity index is 778. The molecule has 2 aromatic heterocycles.